The summed E-state index contributed by atoms with van der Waals surface area (Å²) < 4.78 is 28.2. The predicted molar refractivity (Wildman–Crippen MR) is 72.5 cm³/mol. The summed E-state index contributed by atoms with van der Waals surface area (Å²) in [5.74, 6) is 0.546. The van der Waals surface area contributed by atoms with Gasteiger partial charge in [-0.25, -0.2) is 0 Å². The van der Waals surface area contributed by atoms with Crippen LogP contribution in [0.5, 0.6) is 0 Å². The lowest BCUT2D eigenvalue weighted by Crippen LogP contribution is -2.44. The van der Waals surface area contributed by atoms with Crippen LogP contribution in [0.4, 0.5) is 0 Å². The molecule has 0 aliphatic heterocycles. The van der Waals surface area contributed by atoms with E-state index in [2.05, 4.69) is 10.0 Å². The van der Waals surface area contributed by atoms with E-state index in [0.717, 1.165) is 25.8 Å². The first kappa shape index (κ1) is 14.2. The fraction of sp³-hybridized carbons (Fsp3) is 1.00. The topological polar surface area (TPSA) is 61.4 Å². The molecule has 1 unspecified atom stereocenters. The average molecular weight is 275 g/mol. The van der Waals surface area contributed by atoms with Gasteiger partial charge in [0, 0.05) is 25.7 Å². The summed E-state index contributed by atoms with van der Waals surface area (Å²) in [5.41, 5.74) is 0. The predicted octanol–water partition coefficient (Wildman–Crippen LogP) is 0.693. The van der Waals surface area contributed by atoms with Crippen LogP contribution in [-0.2, 0) is 10.2 Å². The van der Waals surface area contributed by atoms with Crippen molar-refractivity contribution in [3.05, 3.63) is 0 Å². The molecule has 1 atom stereocenters. The van der Waals surface area contributed by atoms with Crippen molar-refractivity contribution >= 4 is 10.2 Å². The minimum absolute atomic E-state index is 0.0713. The molecular formula is C12H25N3O2S. The molecule has 0 heterocycles. The second-order valence-corrected chi connectivity index (χ2v) is 7.46. The van der Waals surface area contributed by atoms with E-state index in [0.29, 0.717) is 18.5 Å². The van der Waals surface area contributed by atoms with Gasteiger partial charge in [-0.3, -0.25) is 0 Å². The van der Waals surface area contributed by atoms with Crippen LogP contribution in [0.2, 0.25) is 0 Å². The first-order chi connectivity index (χ1) is 8.49. The Bertz CT molecular complexity index is 364. The second-order valence-electron chi connectivity index (χ2n) is 5.65. The molecular weight excluding hydrogens is 250 g/mol. The molecule has 106 valence electrons. The van der Waals surface area contributed by atoms with Gasteiger partial charge in [-0.05, 0) is 51.5 Å². The van der Waals surface area contributed by atoms with Gasteiger partial charge in [0.1, 0.15) is 0 Å². The van der Waals surface area contributed by atoms with Crippen LogP contribution in [-0.4, -0.2) is 44.9 Å². The molecule has 2 aliphatic rings. The summed E-state index contributed by atoms with van der Waals surface area (Å²) in [6.45, 7) is 3.44. The summed E-state index contributed by atoms with van der Waals surface area (Å²) in [6, 6.07) is 0.766. The molecule has 0 saturated heterocycles. The molecule has 2 rings (SSSR count). The Morgan fingerprint density at radius 3 is 2.50 bits per heavy atom. The summed E-state index contributed by atoms with van der Waals surface area (Å²) in [5, 5.41) is 3.39. The molecule has 0 spiro atoms. The Balaban J connectivity index is 1.66. The molecule has 2 fully saturated rings. The minimum Gasteiger partial charge on any atom is -0.314 e. The third kappa shape index (κ3) is 4.50. The average Bonchev–Trinajstić information content (AvgIpc) is 3.17. The van der Waals surface area contributed by atoms with Gasteiger partial charge in [-0.2, -0.15) is 17.4 Å². The van der Waals surface area contributed by atoms with Crippen molar-refractivity contribution in [1.82, 2.24) is 14.3 Å². The molecule has 5 nitrogen and oxygen atoms in total. The Labute approximate surface area is 110 Å². The SMILES string of the molecule is CC(NS(=O)(=O)N(C)CCCNC1CC1)C1CC1. The maximum Gasteiger partial charge on any atom is 0.279 e. The van der Waals surface area contributed by atoms with E-state index < -0.39 is 10.2 Å². The van der Waals surface area contributed by atoms with Crippen LogP contribution in [0, 0.1) is 5.92 Å². The zero-order chi connectivity index (χ0) is 13.2. The van der Waals surface area contributed by atoms with Crippen LogP contribution in [0.25, 0.3) is 0 Å². The highest BCUT2D eigenvalue weighted by Gasteiger charge is 2.31. The maximum atomic E-state index is 12.0. The van der Waals surface area contributed by atoms with E-state index in [1.807, 2.05) is 6.92 Å². The standard InChI is InChI=1S/C12H25N3O2S/c1-10(11-4-5-11)14-18(16,17)15(2)9-3-8-13-12-6-7-12/h10-14H,3-9H2,1-2H3. The summed E-state index contributed by atoms with van der Waals surface area (Å²) in [4.78, 5) is 0. The molecule has 0 radical (unpaired) electrons. The number of hydrogen-bond donors (Lipinski definition) is 2. The number of nitrogens with one attached hydrogen (secondary N) is 2. The van der Waals surface area contributed by atoms with Crippen LogP contribution in [0.1, 0.15) is 39.0 Å². The molecule has 6 heteroatoms. The van der Waals surface area contributed by atoms with Gasteiger partial charge in [0.2, 0.25) is 0 Å². The molecule has 0 bridgehead atoms. The summed E-state index contributed by atoms with van der Waals surface area (Å²) in [7, 11) is -1.64. The third-order valence-corrected chi connectivity index (χ3v) is 5.41. The summed E-state index contributed by atoms with van der Waals surface area (Å²) >= 11 is 0. The number of nitrogens with zero attached hydrogens (tertiary/aromatic N) is 1. The Morgan fingerprint density at radius 1 is 1.28 bits per heavy atom. The van der Waals surface area contributed by atoms with E-state index in [1.54, 1.807) is 7.05 Å². The summed E-state index contributed by atoms with van der Waals surface area (Å²) in [6.07, 6.45) is 5.71. The number of rotatable bonds is 9. The monoisotopic (exact) mass is 275 g/mol. The fourth-order valence-electron chi connectivity index (χ4n) is 2.03. The highest BCUT2D eigenvalue weighted by molar-refractivity contribution is 7.87. The van der Waals surface area contributed by atoms with Crippen LogP contribution >= 0.6 is 0 Å². The lowest BCUT2D eigenvalue weighted by Gasteiger charge is -2.21. The molecule has 2 aliphatic carbocycles. The van der Waals surface area contributed by atoms with Crippen LogP contribution in [0.15, 0.2) is 0 Å². The maximum absolute atomic E-state index is 12.0. The van der Waals surface area contributed by atoms with E-state index >= 15 is 0 Å². The van der Waals surface area contributed by atoms with Crippen molar-refractivity contribution in [2.24, 2.45) is 5.92 Å². The van der Waals surface area contributed by atoms with Gasteiger partial charge >= 0.3 is 0 Å². The van der Waals surface area contributed by atoms with Crippen LogP contribution in [0.3, 0.4) is 0 Å². The third-order valence-electron chi connectivity index (χ3n) is 3.73. The van der Waals surface area contributed by atoms with Gasteiger partial charge < -0.3 is 5.32 Å². The normalized spacial score (nSPS) is 22.4. The minimum atomic E-state index is -3.29. The quantitative estimate of drug-likeness (QED) is 0.609. The zero-order valence-corrected chi connectivity index (χ0v) is 12.2. The molecule has 18 heavy (non-hydrogen) atoms. The molecule has 0 aromatic carbocycles. The Morgan fingerprint density at radius 2 is 1.94 bits per heavy atom. The molecule has 0 aromatic rings. The largest absolute Gasteiger partial charge is 0.314 e. The highest BCUT2D eigenvalue weighted by atomic mass is 32.2. The van der Waals surface area contributed by atoms with Gasteiger partial charge in [-0.1, -0.05) is 0 Å². The van der Waals surface area contributed by atoms with Crippen molar-refractivity contribution in [3.8, 4) is 0 Å². The van der Waals surface area contributed by atoms with Crippen molar-refractivity contribution in [2.45, 2.75) is 51.1 Å². The first-order valence-corrected chi connectivity index (χ1v) is 8.40. The van der Waals surface area contributed by atoms with Gasteiger partial charge in [0.25, 0.3) is 10.2 Å². The van der Waals surface area contributed by atoms with Gasteiger partial charge in [0.05, 0.1) is 0 Å². The zero-order valence-electron chi connectivity index (χ0n) is 11.4. The van der Waals surface area contributed by atoms with Crippen molar-refractivity contribution in [1.29, 1.82) is 0 Å². The van der Waals surface area contributed by atoms with Crippen molar-refractivity contribution in [2.75, 3.05) is 20.1 Å². The Hall–Kier alpha value is -0.170. The second kappa shape index (κ2) is 5.86. The Kier molecular flexibility index (Phi) is 4.64. The molecule has 2 saturated carbocycles. The van der Waals surface area contributed by atoms with E-state index in [4.69, 9.17) is 0 Å². The van der Waals surface area contributed by atoms with Gasteiger partial charge in [0.15, 0.2) is 0 Å². The molecule has 0 amide bonds. The van der Waals surface area contributed by atoms with E-state index in [9.17, 15) is 8.42 Å². The van der Waals surface area contributed by atoms with E-state index in [1.165, 1.54) is 17.1 Å². The van der Waals surface area contributed by atoms with E-state index in [-0.39, 0.29) is 6.04 Å². The molecule has 0 aromatic heterocycles. The fourth-order valence-corrected chi connectivity index (χ4v) is 3.24. The first-order valence-electron chi connectivity index (χ1n) is 6.96. The lowest BCUT2D eigenvalue weighted by atomic mass is 10.2. The van der Waals surface area contributed by atoms with Gasteiger partial charge in [-0.15, -0.1) is 0 Å². The smallest absolute Gasteiger partial charge is 0.279 e. The van der Waals surface area contributed by atoms with Crippen LogP contribution < -0.4 is 10.0 Å². The lowest BCUT2D eigenvalue weighted by molar-refractivity contribution is 0.431. The van der Waals surface area contributed by atoms with Crippen molar-refractivity contribution < 1.29 is 8.42 Å². The van der Waals surface area contributed by atoms with Crippen molar-refractivity contribution in [3.63, 3.8) is 0 Å². The number of hydrogen-bond acceptors (Lipinski definition) is 3. The highest BCUT2D eigenvalue weighted by Crippen LogP contribution is 2.32. The molecule has 2 N–H and O–H groups in total.